The van der Waals surface area contributed by atoms with Crippen LogP contribution in [0.2, 0.25) is 0 Å². The van der Waals surface area contributed by atoms with E-state index in [1.54, 1.807) is 0 Å². The summed E-state index contributed by atoms with van der Waals surface area (Å²) in [5.41, 5.74) is 13.7. The largest absolute Gasteiger partial charge is 0.457 e. The molecule has 0 N–H and O–H groups in total. The van der Waals surface area contributed by atoms with Gasteiger partial charge in [-0.2, -0.15) is 0 Å². The Morgan fingerprint density at radius 3 is 1.59 bits per heavy atom. The molecule has 0 atom stereocenters. The van der Waals surface area contributed by atoms with Gasteiger partial charge in [-0.05, 0) is 130 Å². The van der Waals surface area contributed by atoms with E-state index in [1.807, 2.05) is 0 Å². The van der Waals surface area contributed by atoms with Gasteiger partial charge in [-0.3, -0.25) is 0 Å². The highest BCUT2D eigenvalue weighted by molar-refractivity contribution is 5.90. The quantitative estimate of drug-likeness (QED) is 0.173. The van der Waals surface area contributed by atoms with E-state index in [0.29, 0.717) is 22.9 Å². The molecule has 306 valence electrons. The molecule has 0 unspecified atom stereocenters. The summed E-state index contributed by atoms with van der Waals surface area (Å²) in [5.74, 6) is 6.42. The number of para-hydroxylation sites is 1. The van der Waals surface area contributed by atoms with Gasteiger partial charge >= 0.3 is 0 Å². The summed E-state index contributed by atoms with van der Waals surface area (Å²) in [6.45, 7) is 0. The molecular formula is C60H45N3O. The molecule has 0 amide bonds. The van der Waals surface area contributed by atoms with Gasteiger partial charge in [-0.15, -0.1) is 0 Å². The Balaban J connectivity index is 0.912. The van der Waals surface area contributed by atoms with Gasteiger partial charge < -0.3 is 4.74 Å². The number of benzene rings is 8. The lowest BCUT2D eigenvalue weighted by Gasteiger charge is -2.57. The van der Waals surface area contributed by atoms with Gasteiger partial charge in [0.25, 0.3) is 0 Å². The molecular weight excluding hydrogens is 779 g/mol. The minimum absolute atomic E-state index is 0.331. The van der Waals surface area contributed by atoms with Gasteiger partial charge in [0.15, 0.2) is 17.5 Å². The SMILES string of the molecule is c1ccc2c(c1)Oc1cc(-c3ccccc3-c3nc(-c4ccc(C56CC7CC(CC(C7)C5)C6)cc4)nc(-c4ccc5ccccc5c4)n3)ccc1C21c2ccccc2-c2ccccc21. The van der Waals surface area contributed by atoms with Crippen molar-refractivity contribution in [2.24, 2.45) is 17.8 Å². The van der Waals surface area contributed by atoms with Crippen LogP contribution in [-0.2, 0) is 10.8 Å². The van der Waals surface area contributed by atoms with Crippen LogP contribution in [0.5, 0.6) is 11.5 Å². The van der Waals surface area contributed by atoms with Crippen molar-refractivity contribution in [3.63, 3.8) is 0 Å². The summed E-state index contributed by atoms with van der Waals surface area (Å²) in [5, 5.41) is 2.35. The van der Waals surface area contributed by atoms with Crippen molar-refractivity contribution in [1.29, 1.82) is 0 Å². The summed E-state index contributed by atoms with van der Waals surface area (Å²) in [6.07, 6.45) is 8.37. The normalized spacial score (nSPS) is 21.5. The molecule has 4 bridgehead atoms. The molecule has 1 aromatic heterocycles. The summed E-state index contributed by atoms with van der Waals surface area (Å²) in [4.78, 5) is 15.9. The molecule has 4 heteroatoms. The van der Waals surface area contributed by atoms with Crippen LogP contribution in [-0.4, -0.2) is 15.0 Å². The topological polar surface area (TPSA) is 47.9 Å². The number of ether oxygens (including phenoxy) is 1. The Labute approximate surface area is 373 Å². The van der Waals surface area contributed by atoms with Gasteiger partial charge in [0.05, 0.1) is 5.41 Å². The Kier molecular flexibility index (Phi) is 7.76. The highest BCUT2D eigenvalue weighted by Gasteiger charge is 2.52. The van der Waals surface area contributed by atoms with E-state index in [4.69, 9.17) is 19.7 Å². The van der Waals surface area contributed by atoms with E-state index in [1.165, 1.54) is 71.7 Å². The van der Waals surface area contributed by atoms with Crippen LogP contribution < -0.4 is 4.74 Å². The molecule has 9 aromatic rings. The van der Waals surface area contributed by atoms with Crippen LogP contribution in [0, 0.1) is 17.8 Å². The molecule has 1 spiro atoms. The van der Waals surface area contributed by atoms with Crippen molar-refractivity contribution in [3.8, 4) is 67.9 Å². The fourth-order valence-corrected chi connectivity index (χ4v) is 13.5. The van der Waals surface area contributed by atoms with E-state index in [-0.39, 0.29) is 0 Å². The second-order valence-corrected chi connectivity index (χ2v) is 19.3. The first-order valence-electron chi connectivity index (χ1n) is 23.2. The van der Waals surface area contributed by atoms with Crippen LogP contribution in [0.1, 0.15) is 66.3 Å². The summed E-state index contributed by atoms with van der Waals surface area (Å²) < 4.78 is 6.94. The molecule has 4 saturated carbocycles. The monoisotopic (exact) mass is 823 g/mol. The maximum Gasteiger partial charge on any atom is 0.164 e. The predicted octanol–water partition coefficient (Wildman–Crippen LogP) is 14.6. The van der Waals surface area contributed by atoms with Crippen LogP contribution in [0.15, 0.2) is 182 Å². The predicted molar refractivity (Wildman–Crippen MR) is 256 cm³/mol. The number of aromatic nitrogens is 3. The minimum atomic E-state index is -0.515. The van der Waals surface area contributed by atoms with Crippen molar-refractivity contribution in [1.82, 2.24) is 15.0 Å². The lowest BCUT2D eigenvalue weighted by Crippen LogP contribution is -2.48. The van der Waals surface area contributed by atoms with E-state index >= 15 is 0 Å². The zero-order valence-corrected chi connectivity index (χ0v) is 35.5. The van der Waals surface area contributed by atoms with Gasteiger partial charge in [-0.1, -0.05) is 164 Å². The molecule has 4 fully saturated rings. The molecule has 6 aliphatic rings. The molecule has 0 radical (unpaired) electrons. The van der Waals surface area contributed by atoms with Gasteiger partial charge in [0, 0.05) is 27.8 Å². The first kappa shape index (κ1) is 36.3. The molecule has 4 nitrogen and oxygen atoms in total. The van der Waals surface area contributed by atoms with Crippen molar-refractivity contribution < 1.29 is 4.74 Å². The Morgan fingerprint density at radius 2 is 0.891 bits per heavy atom. The van der Waals surface area contributed by atoms with Crippen LogP contribution in [0.3, 0.4) is 0 Å². The third-order valence-corrected chi connectivity index (χ3v) is 15.8. The lowest BCUT2D eigenvalue weighted by atomic mass is 9.48. The molecule has 5 aliphatic carbocycles. The van der Waals surface area contributed by atoms with E-state index < -0.39 is 5.41 Å². The average Bonchev–Trinajstić information content (AvgIpc) is 3.63. The summed E-state index contributed by atoms with van der Waals surface area (Å²) in [7, 11) is 0. The van der Waals surface area contributed by atoms with Crippen molar-refractivity contribution in [2.45, 2.75) is 49.4 Å². The molecule has 1 aliphatic heterocycles. The second-order valence-electron chi connectivity index (χ2n) is 19.3. The van der Waals surface area contributed by atoms with Crippen molar-refractivity contribution in [3.05, 3.63) is 210 Å². The molecule has 15 rings (SSSR count). The van der Waals surface area contributed by atoms with Gasteiger partial charge in [0.1, 0.15) is 11.5 Å². The number of rotatable bonds is 5. The Bertz CT molecular complexity index is 3290. The lowest BCUT2D eigenvalue weighted by molar-refractivity contribution is -0.00518. The van der Waals surface area contributed by atoms with Gasteiger partial charge in [0.2, 0.25) is 0 Å². The molecule has 0 saturated heterocycles. The first-order chi connectivity index (χ1) is 31.6. The summed E-state index contributed by atoms with van der Waals surface area (Å²) >= 11 is 0. The smallest absolute Gasteiger partial charge is 0.164 e. The van der Waals surface area contributed by atoms with Crippen molar-refractivity contribution in [2.75, 3.05) is 0 Å². The third-order valence-electron chi connectivity index (χ3n) is 15.8. The van der Waals surface area contributed by atoms with E-state index in [0.717, 1.165) is 73.6 Å². The van der Waals surface area contributed by atoms with Crippen LogP contribution in [0.4, 0.5) is 0 Å². The zero-order chi connectivity index (χ0) is 42.0. The van der Waals surface area contributed by atoms with Crippen molar-refractivity contribution >= 4 is 10.8 Å². The average molecular weight is 824 g/mol. The van der Waals surface area contributed by atoms with Crippen LogP contribution in [0.25, 0.3) is 67.2 Å². The molecule has 8 aromatic carbocycles. The molecule has 64 heavy (non-hydrogen) atoms. The fraction of sp³-hybridized carbons (Fsp3) is 0.183. The standard InChI is InChI=1S/C60H45N3O/c1-2-12-42-32-44(22-21-40(42)11-1)57-61-56(41-23-26-45(27-24-41)59-34-37-29-38(35-59)31-39(30-37)36-59)62-58(63-57)49-16-4-3-13-46(49)43-25-28-53-55(33-43)64-54-20-10-9-19-52(54)60(53)50-17-7-5-14-47(50)48-15-6-8-18-51(48)60/h1-28,32-33,37-39H,29-31,34-36H2. The maximum atomic E-state index is 6.94. The number of nitrogens with zero attached hydrogens (tertiary/aromatic N) is 3. The highest BCUT2D eigenvalue weighted by atomic mass is 16.5. The third kappa shape index (κ3) is 5.32. The number of hydrogen-bond donors (Lipinski definition) is 0. The van der Waals surface area contributed by atoms with Gasteiger partial charge in [-0.25, -0.2) is 15.0 Å². The number of hydrogen-bond acceptors (Lipinski definition) is 4. The molecule has 2 heterocycles. The minimum Gasteiger partial charge on any atom is -0.457 e. The first-order valence-corrected chi connectivity index (χ1v) is 23.2. The van der Waals surface area contributed by atoms with E-state index in [9.17, 15) is 0 Å². The Hall–Kier alpha value is -7.17. The van der Waals surface area contributed by atoms with E-state index in [2.05, 4.69) is 182 Å². The highest BCUT2D eigenvalue weighted by Crippen LogP contribution is 2.63. The fourth-order valence-electron chi connectivity index (χ4n) is 13.5. The zero-order valence-electron chi connectivity index (χ0n) is 35.5. The Morgan fingerprint density at radius 1 is 0.375 bits per heavy atom. The summed E-state index contributed by atoms with van der Waals surface area (Å²) in [6, 6.07) is 66.0. The van der Waals surface area contributed by atoms with Crippen LogP contribution >= 0.6 is 0 Å². The maximum absolute atomic E-state index is 6.94. The number of fused-ring (bicyclic) bond motifs is 10. The second kappa shape index (κ2) is 13.7.